The monoisotopic (exact) mass is 252 g/mol. The quantitative estimate of drug-likeness (QED) is 0.651. The fourth-order valence-electron chi connectivity index (χ4n) is 0.904. The highest BCUT2D eigenvalue weighted by Crippen LogP contribution is 2.19. The van der Waals surface area contributed by atoms with Crippen molar-refractivity contribution in [2.24, 2.45) is 21.7 Å². The molecule has 0 bridgehead atoms. The fourth-order valence-corrected chi connectivity index (χ4v) is 0.904. The van der Waals surface area contributed by atoms with E-state index < -0.39 is 11.8 Å². The number of rotatable bonds is 4. The molecule has 0 unspecified atom stereocenters. The first kappa shape index (κ1) is 11.3. The van der Waals surface area contributed by atoms with Crippen molar-refractivity contribution in [3.63, 3.8) is 0 Å². The molecular formula is C6H4N8O4. The minimum atomic E-state index is -0.904. The zero-order chi connectivity index (χ0) is 13.1. The molecule has 2 aromatic heterocycles. The van der Waals surface area contributed by atoms with Crippen molar-refractivity contribution in [1.82, 2.24) is 20.6 Å². The molecule has 0 fully saturated rings. The third kappa shape index (κ3) is 2.01. The molecule has 0 aliphatic rings. The van der Waals surface area contributed by atoms with E-state index in [0.29, 0.717) is 0 Å². The first-order chi connectivity index (χ1) is 8.59. The van der Waals surface area contributed by atoms with Gasteiger partial charge in [-0.1, -0.05) is 0 Å². The molecule has 0 aliphatic heterocycles. The Hall–Kier alpha value is -3.18. The highest BCUT2D eigenvalue weighted by Gasteiger charge is 2.18. The van der Waals surface area contributed by atoms with Crippen LogP contribution in [0.25, 0.3) is 0 Å². The topological polar surface area (TPSA) is 189 Å². The molecular weight excluding hydrogens is 248 g/mol. The van der Waals surface area contributed by atoms with Gasteiger partial charge < -0.3 is 11.5 Å². The van der Waals surface area contributed by atoms with Crippen molar-refractivity contribution >= 4 is 23.5 Å². The smallest absolute Gasteiger partial charge is 0.275 e. The van der Waals surface area contributed by atoms with Gasteiger partial charge in [0, 0.05) is 0 Å². The number of carbonyl (C=O) groups is 2. The summed E-state index contributed by atoms with van der Waals surface area (Å²) in [4.78, 5) is 21.7. The van der Waals surface area contributed by atoms with Crippen LogP contribution in [0, 0.1) is 0 Å². The van der Waals surface area contributed by atoms with Gasteiger partial charge >= 0.3 is 0 Å². The van der Waals surface area contributed by atoms with E-state index in [4.69, 9.17) is 11.5 Å². The zero-order valence-corrected chi connectivity index (χ0v) is 8.47. The van der Waals surface area contributed by atoms with E-state index in [1.54, 1.807) is 0 Å². The number of nitrogens with zero attached hydrogens (tertiary/aromatic N) is 6. The molecule has 12 nitrogen and oxygen atoms in total. The maximum atomic E-state index is 10.9. The van der Waals surface area contributed by atoms with Crippen molar-refractivity contribution in [2.75, 3.05) is 0 Å². The average molecular weight is 252 g/mol. The van der Waals surface area contributed by atoms with Crippen molar-refractivity contribution in [3.8, 4) is 0 Å². The van der Waals surface area contributed by atoms with Crippen LogP contribution in [-0.2, 0) is 0 Å². The molecule has 0 saturated heterocycles. The molecule has 0 aliphatic carbocycles. The molecule has 0 radical (unpaired) electrons. The highest BCUT2D eigenvalue weighted by atomic mass is 16.6. The number of hydrogen-bond acceptors (Lipinski definition) is 10. The first-order valence-corrected chi connectivity index (χ1v) is 4.26. The molecule has 92 valence electrons. The van der Waals surface area contributed by atoms with E-state index in [1.165, 1.54) is 0 Å². The summed E-state index contributed by atoms with van der Waals surface area (Å²) in [5.74, 6) is -2.36. The molecule has 2 rings (SSSR count). The summed E-state index contributed by atoms with van der Waals surface area (Å²) in [5.41, 5.74) is 9.28. The van der Waals surface area contributed by atoms with E-state index in [9.17, 15) is 9.59 Å². The van der Waals surface area contributed by atoms with Crippen LogP contribution in [0.3, 0.4) is 0 Å². The fraction of sp³-hybridized carbons (Fsp3) is 0. The molecule has 0 aromatic carbocycles. The molecule has 2 aromatic rings. The Bertz CT molecular complexity index is 573. The number of hydrogen-bond donors (Lipinski definition) is 2. The molecule has 12 heteroatoms. The van der Waals surface area contributed by atoms with E-state index in [2.05, 4.69) is 40.1 Å². The Morgan fingerprint density at radius 1 is 0.833 bits per heavy atom. The number of nitrogens with two attached hydrogens (primary N) is 2. The third-order valence-electron chi connectivity index (χ3n) is 1.65. The van der Waals surface area contributed by atoms with Gasteiger partial charge in [-0.25, -0.2) is 9.26 Å². The largest absolute Gasteiger partial charge is 0.364 e. The summed E-state index contributed by atoms with van der Waals surface area (Å²) >= 11 is 0. The lowest BCUT2D eigenvalue weighted by molar-refractivity contribution is 0.0982. The molecule has 0 spiro atoms. The molecule has 2 heterocycles. The van der Waals surface area contributed by atoms with Crippen LogP contribution >= 0.6 is 0 Å². The van der Waals surface area contributed by atoms with Crippen molar-refractivity contribution in [2.45, 2.75) is 0 Å². The predicted molar refractivity (Wildman–Crippen MR) is 49.8 cm³/mol. The second-order valence-corrected chi connectivity index (χ2v) is 2.80. The van der Waals surface area contributed by atoms with Gasteiger partial charge in [-0.3, -0.25) is 9.59 Å². The van der Waals surface area contributed by atoms with Crippen LogP contribution in [0.4, 0.5) is 11.6 Å². The van der Waals surface area contributed by atoms with E-state index in [0.717, 1.165) is 0 Å². The van der Waals surface area contributed by atoms with Gasteiger partial charge in [0.25, 0.3) is 23.5 Å². The van der Waals surface area contributed by atoms with Gasteiger partial charge in [0.1, 0.15) is 0 Å². The molecule has 4 N–H and O–H groups in total. The normalized spacial score (nSPS) is 10.9. The number of azo groups is 1. The predicted octanol–water partition coefficient (Wildman–Crippen LogP) is -0.934. The van der Waals surface area contributed by atoms with Gasteiger partial charge in [0.2, 0.25) is 11.4 Å². The lowest BCUT2D eigenvalue weighted by Crippen LogP contribution is -2.11. The Morgan fingerprint density at radius 3 is 1.56 bits per heavy atom. The molecule has 18 heavy (non-hydrogen) atoms. The summed E-state index contributed by atoms with van der Waals surface area (Å²) < 4.78 is 8.50. The maximum Gasteiger partial charge on any atom is 0.275 e. The zero-order valence-electron chi connectivity index (χ0n) is 8.47. The van der Waals surface area contributed by atoms with Gasteiger partial charge in [-0.15, -0.1) is 10.2 Å². The average Bonchev–Trinajstić information content (AvgIpc) is 2.94. The summed E-state index contributed by atoms with van der Waals surface area (Å²) in [5, 5.41) is 19.9. The van der Waals surface area contributed by atoms with Crippen LogP contribution in [0.2, 0.25) is 0 Å². The SMILES string of the molecule is NC(=O)c1nonc1N=Nc1nonc1C(N)=O. The van der Waals surface area contributed by atoms with Crippen molar-refractivity contribution < 1.29 is 18.8 Å². The van der Waals surface area contributed by atoms with Gasteiger partial charge in [-0.2, -0.15) is 0 Å². The molecule has 0 saturated carbocycles. The highest BCUT2D eigenvalue weighted by molar-refractivity contribution is 5.95. The molecule has 0 atom stereocenters. The third-order valence-corrected chi connectivity index (χ3v) is 1.65. The van der Waals surface area contributed by atoms with E-state index in [-0.39, 0.29) is 23.0 Å². The lowest BCUT2D eigenvalue weighted by atomic mass is 10.4. The van der Waals surface area contributed by atoms with Crippen LogP contribution in [0.15, 0.2) is 19.5 Å². The first-order valence-electron chi connectivity index (χ1n) is 4.26. The Kier molecular flexibility index (Phi) is 2.74. The standard InChI is InChI=1S/C6H4N8O4/c7-3(15)1-5(13-17-11-1)9-10-6-2(4(8)16)12-18-14-6/h(H2,7,15)(H2,8,16). The number of aromatic nitrogens is 4. The van der Waals surface area contributed by atoms with Crippen LogP contribution in [-0.4, -0.2) is 32.4 Å². The van der Waals surface area contributed by atoms with Gasteiger partial charge in [0.05, 0.1) is 0 Å². The van der Waals surface area contributed by atoms with Crippen molar-refractivity contribution in [3.05, 3.63) is 11.4 Å². The number of carbonyl (C=O) groups excluding carboxylic acids is 2. The van der Waals surface area contributed by atoms with Gasteiger partial charge in [-0.05, 0) is 20.6 Å². The molecule has 2 amide bonds. The minimum absolute atomic E-state index is 0.277. The van der Waals surface area contributed by atoms with Crippen LogP contribution in [0.5, 0.6) is 0 Å². The van der Waals surface area contributed by atoms with Crippen molar-refractivity contribution in [1.29, 1.82) is 0 Å². The maximum absolute atomic E-state index is 10.9. The van der Waals surface area contributed by atoms with E-state index in [1.807, 2.05) is 0 Å². The second-order valence-electron chi connectivity index (χ2n) is 2.80. The Labute approximate surface area is 96.9 Å². The van der Waals surface area contributed by atoms with E-state index >= 15 is 0 Å². The minimum Gasteiger partial charge on any atom is -0.364 e. The summed E-state index contributed by atoms with van der Waals surface area (Å²) in [6.45, 7) is 0. The Morgan fingerprint density at radius 2 is 1.22 bits per heavy atom. The lowest BCUT2D eigenvalue weighted by Gasteiger charge is -1.86. The summed E-state index contributed by atoms with van der Waals surface area (Å²) in [6.07, 6.45) is 0. The number of amides is 2. The van der Waals surface area contributed by atoms with Gasteiger partial charge in [0.15, 0.2) is 0 Å². The summed E-state index contributed by atoms with van der Waals surface area (Å²) in [6, 6.07) is 0. The van der Waals surface area contributed by atoms with Crippen LogP contribution in [0.1, 0.15) is 21.0 Å². The number of primary amides is 2. The van der Waals surface area contributed by atoms with Crippen LogP contribution < -0.4 is 11.5 Å². The second kappa shape index (κ2) is 4.36. The Balaban J connectivity index is 2.30. The summed E-state index contributed by atoms with van der Waals surface area (Å²) in [7, 11) is 0.